The Morgan fingerprint density at radius 2 is 1.71 bits per heavy atom. The van der Waals surface area contributed by atoms with Crippen LogP contribution in [-0.4, -0.2) is 44.4 Å². The van der Waals surface area contributed by atoms with E-state index in [4.69, 9.17) is 9.47 Å². The standard InChI is InChI=1S/C19H25N3O2/c1-2-4-18(5-3-1)21-20-16-17-6-8-19(9-7-17)24-15-12-22-10-13-23-14-11-22/h1-9,20-21H,10-16H2. The summed E-state index contributed by atoms with van der Waals surface area (Å²) < 4.78 is 11.2. The lowest BCUT2D eigenvalue weighted by molar-refractivity contribution is 0.0322. The van der Waals surface area contributed by atoms with E-state index in [9.17, 15) is 0 Å². The van der Waals surface area contributed by atoms with E-state index in [2.05, 4.69) is 27.9 Å². The van der Waals surface area contributed by atoms with Crippen molar-refractivity contribution >= 4 is 5.69 Å². The van der Waals surface area contributed by atoms with Crippen molar-refractivity contribution in [1.82, 2.24) is 10.3 Å². The van der Waals surface area contributed by atoms with Gasteiger partial charge in [-0.05, 0) is 29.8 Å². The molecule has 0 radical (unpaired) electrons. The van der Waals surface area contributed by atoms with E-state index in [1.165, 1.54) is 5.56 Å². The van der Waals surface area contributed by atoms with Gasteiger partial charge in [0, 0.05) is 31.9 Å². The summed E-state index contributed by atoms with van der Waals surface area (Å²) in [5, 5.41) is 0. The topological polar surface area (TPSA) is 45.8 Å². The molecular formula is C19H25N3O2. The van der Waals surface area contributed by atoms with Crippen LogP contribution in [0.15, 0.2) is 54.6 Å². The lowest BCUT2D eigenvalue weighted by Crippen LogP contribution is -2.38. The van der Waals surface area contributed by atoms with Gasteiger partial charge < -0.3 is 14.9 Å². The lowest BCUT2D eigenvalue weighted by Gasteiger charge is -2.26. The maximum Gasteiger partial charge on any atom is 0.119 e. The van der Waals surface area contributed by atoms with Gasteiger partial charge in [-0.25, -0.2) is 5.43 Å². The number of para-hydroxylation sites is 1. The Kier molecular flexibility index (Phi) is 6.48. The van der Waals surface area contributed by atoms with Crippen molar-refractivity contribution in [3.05, 3.63) is 60.2 Å². The number of ether oxygens (including phenoxy) is 2. The van der Waals surface area contributed by atoms with E-state index in [1.807, 2.05) is 42.5 Å². The number of rotatable bonds is 8. The van der Waals surface area contributed by atoms with E-state index in [0.717, 1.165) is 50.8 Å². The summed E-state index contributed by atoms with van der Waals surface area (Å²) in [5.41, 5.74) is 8.66. The van der Waals surface area contributed by atoms with Gasteiger partial charge in [-0.1, -0.05) is 30.3 Å². The lowest BCUT2D eigenvalue weighted by atomic mass is 10.2. The van der Waals surface area contributed by atoms with Gasteiger partial charge >= 0.3 is 0 Å². The molecule has 0 aromatic heterocycles. The molecule has 1 aliphatic rings. The van der Waals surface area contributed by atoms with Crippen LogP contribution in [0.5, 0.6) is 5.75 Å². The third-order valence-corrected chi connectivity index (χ3v) is 4.00. The summed E-state index contributed by atoms with van der Waals surface area (Å²) in [6.45, 7) is 6.09. The highest BCUT2D eigenvalue weighted by molar-refractivity contribution is 5.41. The average Bonchev–Trinajstić information content (AvgIpc) is 2.65. The summed E-state index contributed by atoms with van der Waals surface area (Å²) in [6, 6.07) is 18.3. The van der Waals surface area contributed by atoms with Crippen LogP contribution >= 0.6 is 0 Å². The highest BCUT2D eigenvalue weighted by atomic mass is 16.5. The molecule has 0 atom stereocenters. The fourth-order valence-electron chi connectivity index (χ4n) is 2.59. The fourth-order valence-corrected chi connectivity index (χ4v) is 2.59. The molecule has 24 heavy (non-hydrogen) atoms. The third-order valence-electron chi connectivity index (χ3n) is 4.00. The van der Waals surface area contributed by atoms with E-state index < -0.39 is 0 Å². The molecule has 1 aliphatic heterocycles. The Morgan fingerprint density at radius 1 is 0.958 bits per heavy atom. The number of nitrogens with zero attached hydrogens (tertiary/aromatic N) is 1. The van der Waals surface area contributed by atoms with Gasteiger partial charge in [0.1, 0.15) is 12.4 Å². The van der Waals surface area contributed by atoms with Crippen LogP contribution in [0.3, 0.4) is 0 Å². The zero-order chi connectivity index (χ0) is 16.5. The minimum atomic E-state index is 0.715. The van der Waals surface area contributed by atoms with Crippen LogP contribution in [0.25, 0.3) is 0 Å². The highest BCUT2D eigenvalue weighted by Crippen LogP contribution is 2.12. The van der Waals surface area contributed by atoms with Crippen LogP contribution in [-0.2, 0) is 11.3 Å². The highest BCUT2D eigenvalue weighted by Gasteiger charge is 2.09. The molecule has 2 aromatic rings. The van der Waals surface area contributed by atoms with Gasteiger partial charge in [-0.2, -0.15) is 0 Å². The Bertz CT molecular complexity index is 583. The number of nitrogens with one attached hydrogen (secondary N) is 2. The largest absolute Gasteiger partial charge is 0.492 e. The van der Waals surface area contributed by atoms with Gasteiger partial charge in [-0.3, -0.25) is 4.90 Å². The fraction of sp³-hybridized carbons (Fsp3) is 0.368. The molecule has 0 aliphatic carbocycles. The van der Waals surface area contributed by atoms with Gasteiger partial charge in [0.15, 0.2) is 0 Å². The van der Waals surface area contributed by atoms with E-state index in [-0.39, 0.29) is 0 Å². The smallest absolute Gasteiger partial charge is 0.119 e. The second-order valence-corrected chi connectivity index (χ2v) is 5.79. The molecule has 0 unspecified atom stereocenters. The summed E-state index contributed by atoms with van der Waals surface area (Å²) in [7, 11) is 0. The molecule has 0 amide bonds. The number of hydrazine groups is 1. The maximum atomic E-state index is 5.82. The number of benzene rings is 2. The minimum absolute atomic E-state index is 0.715. The van der Waals surface area contributed by atoms with Gasteiger partial charge in [0.25, 0.3) is 0 Å². The second-order valence-electron chi connectivity index (χ2n) is 5.79. The Balaban J connectivity index is 1.35. The van der Waals surface area contributed by atoms with Crippen molar-refractivity contribution in [2.45, 2.75) is 6.54 Å². The van der Waals surface area contributed by atoms with Crippen LogP contribution in [0.4, 0.5) is 5.69 Å². The molecule has 0 saturated carbocycles. The molecule has 5 heteroatoms. The first-order chi connectivity index (χ1) is 11.9. The first kappa shape index (κ1) is 16.8. The van der Waals surface area contributed by atoms with Crippen LogP contribution in [0, 0.1) is 0 Å². The predicted molar refractivity (Wildman–Crippen MR) is 96.1 cm³/mol. The SMILES string of the molecule is c1ccc(NNCc2ccc(OCCN3CCOCC3)cc2)cc1. The first-order valence-electron chi connectivity index (χ1n) is 8.46. The number of anilines is 1. The van der Waals surface area contributed by atoms with E-state index in [1.54, 1.807) is 0 Å². The van der Waals surface area contributed by atoms with Crippen LogP contribution < -0.4 is 15.6 Å². The molecule has 2 N–H and O–H groups in total. The predicted octanol–water partition coefficient (Wildman–Crippen LogP) is 2.51. The molecule has 0 bridgehead atoms. The summed E-state index contributed by atoms with van der Waals surface area (Å²) in [6.07, 6.45) is 0. The minimum Gasteiger partial charge on any atom is -0.492 e. The van der Waals surface area contributed by atoms with E-state index >= 15 is 0 Å². The third kappa shape index (κ3) is 5.53. The van der Waals surface area contributed by atoms with Gasteiger partial charge in [0.05, 0.1) is 13.2 Å². The normalized spacial score (nSPS) is 15.2. The molecule has 1 fully saturated rings. The van der Waals surface area contributed by atoms with Crippen molar-refractivity contribution < 1.29 is 9.47 Å². The van der Waals surface area contributed by atoms with E-state index in [0.29, 0.717) is 6.61 Å². The molecule has 0 spiro atoms. The van der Waals surface area contributed by atoms with Crippen molar-refractivity contribution in [2.24, 2.45) is 0 Å². The van der Waals surface area contributed by atoms with Crippen LogP contribution in [0.2, 0.25) is 0 Å². The van der Waals surface area contributed by atoms with Gasteiger partial charge in [0.2, 0.25) is 0 Å². The van der Waals surface area contributed by atoms with Crippen molar-refractivity contribution in [2.75, 3.05) is 44.9 Å². The summed E-state index contributed by atoms with van der Waals surface area (Å²) in [4.78, 5) is 2.37. The monoisotopic (exact) mass is 327 g/mol. The summed E-state index contributed by atoms with van der Waals surface area (Å²) >= 11 is 0. The van der Waals surface area contributed by atoms with Crippen molar-refractivity contribution in [3.63, 3.8) is 0 Å². The molecule has 128 valence electrons. The molecular weight excluding hydrogens is 302 g/mol. The Labute approximate surface area is 143 Å². The van der Waals surface area contributed by atoms with Crippen molar-refractivity contribution in [1.29, 1.82) is 0 Å². The summed E-state index contributed by atoms with van der Waals surface area (Å²) in [5.74, 6) is 0.919. The van der Waals surface area contributed by atoms with Crippen molar-refractivity contribution in [3.8, 4) is 5.75 Å². The first-order valence-corrected chi connectivity index (χ1v) is 8.46. The Morgan fingerprint density at radius 3 is 2.46 bits per heavy atom. The zero-order valence-corrected chi connectivity index (χ0v) is 13.9. The zero-order valence-electron chi connectivity index (χ0n) is 13.9. The second kappa shape index (κ2) is 9.27. The molecule has 1 heterocycles. The maximum absolute atomic E-state index is 5.82. The quantitative estimate of drug-likeness (QED) is 0.730. The Hall–Kier alpha value is -2.08. The van der Waals surface area contributed by atoms with Crippen LogP contribution in [0.1, 0.15) is 5.56 Å². The number of hydrogen-bond donors (Lipinski definition) is 2. The molecule has 5 nitrogen and oxygen atoms in total. The molecule has 2 aromatic carbocycles. The molecule has 3 rings (SSSR count). The number of morpholine rings is 1. The average molecular weight is 327 g/mol. The molecule has 1 saturated heterocycles. The van der Waals surface area contributed by atoms with Gasteiger partial charge in [-0.15, -0.1) is 0 Å². The number of hydrogen-bond acceptors (Lipinski definition) is 5.